The number of nitrogens with one attached hydrogen (secondary N) is 1. The molecule has 0 bridgehead atoms. The second kappa shape index (κ2) is 7.14. The quantitative estimate of drug-likeness (QED) is 0.881. The van der Waals surface area contributed by atoms with Gasteiger partial charge in [0.05, 0.1) is 26.5 Å². The Balaban J connectivity index is 1.89. The molecule has 3 N–H and O–H groups in total. The van der Waals surface area contributed by atoms with E-state index in [-0.39, 0.29) is 0 Å². The first kappa shape index (κ1) is 16.0. The molecule has 1 aromatic carbocycles. The molecule has 0 spiro atoms. The van der Waals surface area contributed by atoms with Crippen LogP contribution in [0.3, 0.4) is 0 Å². The molecule has 126 valence electrons. The van der Waals surface area contributed by atoms with Gasteiger partial charge in [0.25, 0.3) is 0 Å². The smallest absolute Gasteiger partial charge is 0.316 e. The van der Waals surface area contributed by atoms with Crippen LogP contribution in [0.1, 0.15) is 0 Å². The van der Waals surface area contributed by atoms with Crippen LogP contribution in [0, 0.1) is 0 Å². The first-order chi connectivity index (χ1) is 11.7. The number of nitrogens with two attached hydrogens (primary N) is 1. The minimum atomic E-state index is -0.599. The number of ether oxygens (including phenoxy) is 2. The van der Waals surface area contributed by atoms with Crippen LogP contribution in [-0.2, 0) is 4.74 Å². The van der Waals surface area contributed by atoms with Gasteiger partial charge in [-0.2, -0.15) is 0 Å². The van der Waals surface area contributed by atoms with E-state index in [0.717, 1.165) is 24.5 Å². The van der Waals surface area contributed by atoms with Crippen molar-refractivity contribution in [2.45, 2.75) is 0 Å². The lowest BCUT2D eigenvalue weighted by molar-refractivity contribution is 0.122. The van der Waals surface area contributed by atoms with Crippen LogP contribution < -0.4 is 20.7 Å². The number of benzene rings is 1. The number of methoxy groups -OCH3 is 1. The molecule has 24 heavy (non-hydrogen) atoms. The molecule has 0 aliphatic carbocycles. The molecule has 0 saturated carbocycles. The van der Waals surface area contributed by atoms with Gasteiger partial charge in [-0.25, -0.2) is 14.8 Å². The standard InChI is InChI=1S/C16H19N5O3/c1-23-13-10-18-14(20-15(13)21-6-8-24-9-7-21)11-2-4-12(5-3-11)19-16(17)22/h2-5,10H,6-9H2,1H3,(H3,17,19,22). The predicted molar refractivity (Wildman–Crippen MR) is 90.3 cm³/mol. The zero-order valence-electron chi connectivity index (χ0n) is 13.4. The van der Waals surface area contributed by atoms with Crippen molar-refractivity contribution in [1.29, 1.82) is 0 Å². The maximum absolute atomic E-state index is 10.9. The lowest BCUT2D eigenvalue weighted by Gasteiger charge is -2.28. The van der Waals surface area contributed by atoms with E-state index < -0.39 is 6.03 Å². The van der Waals surface area contributed by atoms with E-state index in [1.54, 1.807) is 25.4 Å². The molecule has 8 nitrogen and oxygen atoms in total. The van der Waals surface area contributed by atoms with Gasteiger partial charge in [0, 0.05) is 24.3 Å². The van der Waals surface area contributed by atoms with Gasteiger partial charge < -0.3 is 25.4 Å². The van der Waals surface area contributed by atoms with Crippen molar-refractivity contribution in [3.63, 3.8) is 0 Å². The van der Waals surface area contributed by atoms with Gasteiger partial charge in [-0.05, 0) is 24.3 Å². The number of carbonyl (C=O) groups is 1. The number of amides is 2. The summed E-state index contributed by atoms with van der Waals surface area (Å²) in [5.41, 5.74) is 6.56. The summed E-state index contributed by atoms with van der Waals surface area (Å²) in [5.74, 6) is 1.97. The van der Waals surface area contributed by atoms with E-state index in [1.165, 1.54) is 0 Å². The number of aromatic nitrogens is 2. The molecule has 1 fully saturated rings. The van der Waals surface area contributed by atoms with Gasteiger partial charge in [-0.1, -0.05) is 0 Å². The SMILES string of the molecule is COc1cnc(-c2ccc(NC(N)=O)cc2)nc1N1CCOCC1. The minimum Gasteiger partial charge on any atom is -0.491 e. The van der Waals surface area contributed by atoms with E-state index in [9.17, 15) is 4.79 Å². The van der Waals surface area contributed by atoms with E-state index in [4.69, 9.17) is 15.2 Å². The number of nitrogens with zero attached hydrogens (tertiary/aromatic N) is 3. The van der Waals surface area contributed by atoms with Crippen molar-refractivity contribution in [3.8, 4) is 17.1 Å². The molecule has 1 aliphatic heterocycles. The highest BCUT2D eigenvalue weighted by atomic mass is 16.5. The van der Waals surface area contributed by atoms with Crippen molar-refractivity contribution in [2.75, 3.05) is 43.6 Å². The van der Waals surface area contributed by atoms with Crippen LogP contribution in [-0.4, -0.2) is 49.4 Å². The van der Waals surface area contributed by atoms with Crippen molar-refractivity contribution in [1.82, 2.24) is 9.97 Å². The summed E-state index contributed by atoms with van der Waals surface area (Å²) in [7, 11) is 1.60. The average molecular weight is 329 g/mol. The lowest BCUT2D eigenvalue weighted by atomic mass is 10.2. The fourth-order valence-corrected chi connectivity index (χ4v) is 2.49. The highest BCUT2D eigenvalue weighted by Gasteiger charge is 2.18. The number of morpholine rings is 1. The van der Waals surface area contributed by atoms with Crippen molar-refractivity contribution in [2.24, 2.45) is 5.73 Å². The summed E-state index contributed by atoms with van der Waals surface area (Å²) >= 11 is 0. The highest BCUT2D eigenvalue weighted by Crippen LogP contribution is 2.28. The van der Waals surface area contributed by atoms with Crippen LogP contribution in [0.15, 0.2) is 30.5 Å². The summed E-state index contributed by atoms with van der Waals surface area (Å²) in [6, 6.07) is 6.56. The third kappa shape index (κ3) is 3.54. The monoisotopic (exact) mass is 329 g/mol. The topological polar surface area (TPSA) is 103 Å². The molecule has 3 rings (SSSR count). The Morgan fingerprint density at radius 3 is 2.62 bits per heavy atom. The Hall–Kier alpha value is -2.87. The van der Waals surface area contributed by atoms with E-state index in [2.05, 4.69) is 20.2 Å². The van der Waals surface area contributed by atoms with Gasteiger partial charge in [0.15, 0.2) is 17.4 Å². The number of hydrogen-bond acceptors (Lipinski definition) is 6. The summed E-state index contributed by atoms with van der Waals surface area (Å²) in [6.07, 6.45) is 1.67. The Bertz CT molecular complexity index is 714. The third-order valence-electron chi connectivity index (χ3n) is 3.68. The Kier molecular flexibility index (Phi) is 4.76. The fourth-order valence-electron chi connectivity index (χ4n) is 2.49. The van der Waals surface area contributed by atoms with Crippen LogP contribution in [0.2, 0.25) is 0 Å². The van der Waals surface area contributed by atoms with Crippen molar-refractivity contribution < 1.29 is 14.3 Å². The van der Waals surface area contributed by atoms with Gasteiger partial charge in [0.1, 0.15) is 0 Å². The molecule has 2 heterocycles. The van der Waals surface area contributed by atoms with Gasteiger partial charge >= 0.3 is 6.03 Å². The molecule has 8 heteroatoms. The Morgan fingerprint density at radius 1 is 1.29 bits per heavy atom. The summed E-state index contributed by atoms with van der Waals surface area (Å²) < 4.78 is 10.8. The number of hydrogen-bond donors (Lipinski definition) is 2. The van der Waals surface area contributed by atoms with E-state index >= 15 is 0 Å². The zero-order valence-corrected chi connectivity index (χ0v) is 13.4. The fraction of sp³-hybridized carbons (Fsp3) is 0.312. The normalized spacial score (nSPS) is 14.3. The number of anilines is 2. The first-order valence-corrected chi connectivity index (χ1v) is 7.58. The molecular formula is C16H19N5O3. The second-order valence-corrected chi connectivity index (χ2v) is 5.25. The number of carbonyl (C=O) groups excluding carboxylic acids is 1. The van der Waals surface area contributed by atoms with Crippen LogP contribution in [0.25, 0.3) is 11.4 Å². The van der Waals surface area contributed by atoms with Crippen LogP contribution >= 0.6 is 0 Å². The number of primary amides is 1. The van der Waals surface area contributed by atoms with Crippen molar-refractivity contribution in [3.05, 3.63) is 30.5 Å². The molecule has 1 aromatic heterocycles. The summed E-state index contributed by atoms with van der Waals surface area (Å²) in [4.78, 5) is 22.0. The third-order valence-corrected chi connectivity index (χ3v) is 3.68. The molecule has 0 unspecified atom stereocenters. The van der Waals surface area contributed by atoms with Crippen molar-refractivity contribution >= 4 is 17.5 Å². The first-order valence-electron chi connectivity index (χ1n) is 7.58. The van der Waals surface area contributed by atoms with Crippen LogP contribution in [0.4, 0.5) is 16.3 Å². The predicted octanol–water partition coefficient (Wildman–Crippen LogP) is 1.48. The molecule has 2 amide bonds. The van der Waals surface area contributed by atoms with Gasteiger partial charge in [0.2, 0.25) is 0 Å². The molecule has 0 atom stereocenters. The van der Waals surface area contributed by atoms with Gasteiger partial charge in [-0.15, -0.1) is 0 Å². The maximum Gasteiger partial charge on any atom is 0.316 e. The maximum atomic E-state index is 10.9. The molecular weight excluding hydrogens is 310 g/mol. The zero-order chi connectivity index (χ0) is 16.9. The number of urea groups is 1. The van der Waals surface area contributed by atoms with Gasteiger partial charge in [-0.3, -0.25) is 0 Å². The Labute approximate surface area is 139 Å². The average Bonchev–Trinajstić information content (AvgIpc) is 2.62. The van der Waals surface area contributed by atoms with Crippen LogP contribution in [0.5, 0.6) is 5.75 Å². The molecule has 1 saturated heterocycles. The minimum absolute atomic E-state index is 0.586. The Morgan fingerprint density at radius 2 is 2.00 bits per heavy atom. The molecule has 1 aliphatic rings. The lowest BCUT2D eigenvalue weighted by Crippen LogP contribution is -2.37. The summed E-state index contributed by atoms with van der Waals surface area (Å²) in [6.45, 7) is 2.84. The molecule has 0 radical (unpaired) electrons. The molecule has 2 aromatic rings. The van der Waals surface area contributed by atoms with E-state index in [0.29, 0.717) is 30.5 Å². The number of rotatable bonds is 4. The second-order valence-electron chi connectivity index (χ2n) is 5.25. The largest absolute Gasteiger partial charge is 0.491 e. The van der Waals surface area contributed by atoms with E-state index in [1.807, 2.05) is 12.1 Å². The summed E-state index contributed by atoms with van der Waals surface area (Å²) in [5, 5.41) is 2.52. The highest BCUT2D eigenvalue weighted by molar-refractivity contribution is 5.88.